The van der Waals surface area contributed by atoms with E-state index in [-0.39, 0.29) is 5.56 Å². The Balaban J connectivity index is 2.74. The fraction of sp³-hybridized carbons (Fsp3) is 0.300. The molecule has 17 heavy (non-hydrogen) atoms. The van der Waals surface area contributed by atoms with Crippen LogP contribution in [0.15, 0.2) is 14.7 Å². The highest BCUT2D eigenvalue weighted by Gasteiger charge is 2.12. The van der Waals surface area contributed by atoms with Crippen molar-refractivity contribution < 1.29 is 0 Å². The first kappa shape index (κ1) is 11.5. The number of thioether (sulfide) groups is 1. The van der Waals surface area contributed by atoms with Gasteiger partial charge in [0.25, 0.3) is 5.56 Å². The van der Waals surface area contributed by atoms with Gasteiger partial charge in [-0.2, -0.15) is 0 Å². The lowest BCUT2D eigenvalue weighted by molar-refractivity contribution is 0.708. The smallest absolute Gasteiger partial charge is 0.327 e. The monoisotopic (exact) mass is 250 g/mol. The maximum Gasteiger partial charge on any atom is 0.332 e. The van der Waals surface area contributed by atoms with E-state index in [0.717, 1.165) is 4.57 Å². The van der Waals surface area contributed by atoms with Crippen LogP contribution >= 0.6 is 11.8 Å². The molecule has 0 bridgehead atoms. The average Bonchev–Trinajstić information content (AvgIpc) is 2.75. The Kier molecular flexibility index (Phi) is 2.81. The van der Waals surface area contributed by atoms with E-state index in [1.165, 1.54) is 23.4 Å². The molecule has 0 aliphatic heterocycles. The highest BCUT2D eigenvalue weighted by Crippen LogP contribution is 2.15. The lowest BCUT2D eigenvalue weighted by Crippen LogP contribution is -2.36. The molecule has 2 rings (SSSR count). The van der Waals surface area contributed by atoms with E-state index in [4.69, 9.17) is 6.42 Å². The quantitative estimate of drug-likeness (QED) is 0.586. The molecule has 0 aliphatic carbocycles. The normalized spacial score (nSPS) is 10.6. The summed E-state index contributed by atoms with van der Waals surface area (Å²) in [6.45, 7) is 0. The third-order valence-electron chi connectivity index (χ3n) is 2.37. The highest BCUT2D eigenvalue weighted by atomic mass is 32.2. The van der Waals surface area contributed by atoms with Gasteiger partial charge in [0, 0.05) is 14.1 Å². The Bertz CT molecular complexity index is 732. The summed E-state index contributed by atoms with van der Waals surface area (Å²) in [5, 5.41) is 0.538. The number of hydrogen-bond donors (Lipinski definition) is 1. The second kappa shape index (κ2) is 4.14. The summed E-state index contributed by atoms with van der Waals surface area (Å²) in [4.78, 5) is 30.5. The van der Waals surface area contributed by atoms with Crippen LogP contribution in [-0.2, 0) is 14.1 Å². The van der Waals surface area contributed by atoms with Gasteiger partial charge in [-0.25, -0.2) is 9.78 Å². The third-order valence-corrected chi connectivity index (χ3v) is 3.14. The van der Waals surface area contributed by atoms with Crippen molar-refractivity contribution in [2.45, 2.75) is 5.16 Å². The van der Waals surface area contributed by atoms with Crippen molar-refractivity contribution >= 4 is 22.9 Å². The van der Waals surface area contributed by atoms with Gasteiger partial charge < -0.3 is 4.98 Å². The first-order valence-electron chi connectivity index (χ1n) is 4.78. The zero-order valence-electron chi connectivity index (χ0n) is 9.35. The summed E-state index contributed by atoms with van der Waals surface area (Å²) in [6.07, 6.45) is 5.15. The van der Waals surface area contributed by atoms with Crippen LogP contribution in [0.5, 0.6) is 0 Å². The zero-order valence-corrected chi connectivity index (χ0v) is 10.2. The minimum atomic E-state index is -0.400. The van der Waals surface area contributed by atoms with E-state index in [1.807, 2.05) is 0 Å². The fourth-order valence-electron chi connectivity index (χ4n) is 1.48. The van der Waals surface area contributed by atoms with Crippen LogP contribution in [0, 0.1) is 12.3 Å². The Morgan fingerprint density at radius 3 is 2.76 bits per heavy atom. The minimum absolute atomic E-state index is 0.314. The molecule has 0 fully saturated rings. The molecule has 0 unspecified atom stereocenters. The molecule has 0 atom stereocenters. The molecule has 88 valence electrons. The first-order chi connectivity index (χ1) is 8.06. The van der Waals surface area contributed by atoms with Gasteiger partial charge in [-0.1, -0.05) is 17.7 Å². The Labute approximate surface area is 101 Å². The molecule has 2 heterocycles. The standard InChI is InChI=1S/C10H10N4O2S/c1-4-5-17-9-11-6-7(12-9)13(2)10(16)14(3)8(6)15/h1H,5H2,2-3H3,(H,11,12). The van der Waals surface area contributed by atoms with Crippen LogP contribution in [0.25, 0.3) is 11.2 Å². The second-order valence-electron chi connectivity index (χ2n) is 3.44. The van der Waals surface area contributed by atoms with E-state index in [2.05, 4.69) is 15.9 Å². The summed E-state index contributed by atoms with van der Waals surface area (Å²) in [6, 6.07) is 0. The number of aryl methyl sites for hydroxylation is 1. The molecule has 2 aromatic rings. The van der Waals surface area contributed by atoms with E-state index in [1.54, 1.807) is 7.05 Å². The lowest BCUT2D eigenvalue weighted by Gasteiger charge is -2.00. The van der Waals surface area contributed by atoms with Crippen LogP contribution in [0.2, 0.25) is 0 Å². The number of nitrogens with one attached hydrogen (secondary N) is 1. The van der Waals surface area contributed by atoms with Crippen molar-refractivity contribution in [2.75, 3.05) is 5.75 Å². The van der Waals surface area contributed by atoms with Crippen molar-refractivity contribution in [1.82, 2.24) is 19.1 Å². The molecule has 7 heteroatoms. The predicted octanol–water partition coefficient (Wildman–Crippen LogP) is -0.314. The third kappa shape index (κ3) is 1.76. The molecular weight excluding hydrogens is 240 g/mol. The SMILES string of the molecule is C#CCSc1nc2c([nH]1)c(=O)n(C)c(=O)n2C. The Morgan fingerprint density at radius 1 is 1.41 bits per heavy atom. The number of imidazole rings is 1. The summed E-state index contributed by atoms with van der Waals surface area (Å²) in [5.74, 6) is 2.92. The van der Waals surface area contributed by atoms with Gasteiger partial charge in [0.2, 0.25) is 0 Å². The van der Waals surface area contributed by atoms with Crippen LogP contribution < -0.4 is 11.2 Å². The summed E-state index contributed by atoms with van der Waals surface area (Å²) >= 11 is 1.31. The maximum absolute atomic E-state index is 11.8. The van der Waals surface area contributed by atoms with Gasteiger partial charge in [-0.15, -0.1) is 6.42 Å². The number of hydrogen-bond acceptors (Lipinski definition) is 4. The molecule has 0 aromatic carbocycles. The van der Waals surface area contributed by atoms with Gasteiger partial charge in [-0.3, -0.25) is 13.9 Å². The van der Waals surface area contributed by atoms with Gasteiger partial charge in [0.15, 0.2) is 16.3 Å². The number of rotatable bonds is 2. The maximum atomic E-state index is 11.8. The number of fused-ring (bicyclic) bond motifs is 1. The predicted molar refractivity (Wildman–Crippen MR) is 66.1 cm³/mol. The molecule has 2 aromatic heterocycles. The van der Waals surface area contributed by atoms with E-state index in [0.29, 0.717) is 22.1 Å². The minimum Gasteiger partial charge on any atom is -0.327 e. The summed E-state index contributed by atoms with van der Waals surface area (Å²) in [7, 11) is 3.00. The van der Waals surface area contributed by atoms with Crippen LogP contribution in [-0.4, -0.2) is 24.9 Å². The average molecular weight is 250 g/mol. The van der Waals surface area contributed by atoms with Crippen molar-refractivity contribution in [1.29, 1.82) is 0 Å². The molecule has 6 nitrogen and oxygen atoms in total. The number of aromatic amines is 1. The number of aromatic nitrogens is 4. The van der Waals surface area contributed by atoms with E-state index < -0.39 is 5.69 Å². The van der Waals surface area contributed by atoms with Crippen LogP contribution in [0.3, 0.4) is 0 Å². The Hall–Kier alpha value is -1.94. The number of terminal acetylenes is 1. The van der Waals surface area contributed by atoms with Crippen molar-refractivity contribution in [3.05, 3.63) is 20.8 Å². The molecule has 0 spiro atoms. The van der Waals surface area contributed by atoms with Gasteiger partial charge in [-0.05, 0) is 0 Å². The topological polar surface area (TPSA) is 72.7 Å². The lowest BCUT2D eigenvalue weighted by atomic mass is 10.5. The first-order valence-corrected chi connectivity index (χ1v) is 5.76. The molecule has 0 aliphatic rings. The van der Waals surface area contributed by atoms with Crippen molar-refractivity contribution in [2.24, 2.45) is 14.1 Å². The fourth-order valence-corrected chi connectivity index (χ4v) is 2.03. The molecule has 1 N–H and O–H groups in total. The summed E-state index contributed by atoms with van der Waals surface area (Å²) in [5.41, 5.74) is -0.127. The van der Waals surface area contributed by atoms with Crippen LogP contribution in [0.4, 0.5) is 0 Å². The van der Waals surface area contributed by atoms with Crippen molar-refractivity contribution in [3.8, 4) is 12.3 Å². The number of H-pyrrole nitrogens is 1. The summed E-state index contributed by atoms with van der Waals surface area (Å²) < 4.78 is 2.36. The number of nitrogens with zero attached hydrogens (tertiary/aromatic N) is 3. The Morgan fingerprint density at radius 2 is 2.12 bits per heavy atom. The molecule has 0 saturated heterocycles. The van der Waals surface area contributed by atoms with Gasteiger partial charge in [0.1, 0.15) is 0 Å². The largest absolute Gasteiger partial charge is 0.332 e. The molecular formula is C10H10N4O2S. The van der Waals surface area contributed by atoms with Crippen molar-refractivity contribution in [3.63, 3.8) is 0 Å². The van der Waals surface area contributed by atoms with E-state index in [9.17, 15) is 9.59 Å². The zero-order chi connectivity index (χ0) is 12.6. The van der Waals surface area contributed by atoms with Crippen LogP contribution in [0.1, 0.15) is 0 Å². The van der Waals surface area contributed by atoms with Gasteiger partial charge in [0.05, 0.1) is 5.75 Å². The van der Waals surface area contributed by atoms with Gasteiger partial charge >= 0.3 is 5.69 Å². The van der Waals surface area contributed by atoms with E-state index >= 15 is 0 Å². The molecule has 0 saturated carbocycles. The molecule has 0 radical (unpaired) electrons. The second-order valence-corrected chi connectivity index (χ2v) is 4.40. The highest BCUT2D eigenvalue weighted by molar-refractivity contribution is 7.99. The molecule has 0 amide bonds.